The first-order valence-corrected chi connectivity index (χ1v) is 4.84. The second-order valence-corrected chi connectivity index (χ2v) is 3.91. The molecule has 0 bridgehead atoms. The summed E-state index contributed by atoms with van der Waals surface area (Å²) in [6.07, 6.45) is 1.65. The van der Waals surface area contributed by atoms with Gasteiger partial charge in [0.25, 0.3) is 0 Å². The molecule has 0 aliphatic heterocycles. The van der Waals surface area contributed by atoms with Crippen molar-refractivity contribution in [3.8, 4) is 0 Å². The summed E-state index contributed by atoms with van der Waals surface area (Å²) in [5.74, 6) is 0. The van der Waals surface area contributed by atoms with Gasteiger partial charge in [-0.15, -0.1) is 0 Å². The van der Waals surface area contributed by atoms with Gasteiger partial charge in [-0.05, 0) is 19.1 Å². The van der Waals surface area contributed by atoms with Gasteiger partial charge in [-0.25, -0.2) is 0 Å². The Hall–Kier alpha value is -1.06. The highest BCUT2D eigenvalue weighted by atomic mass is 35.5. The maximum absolute atomic E-state index is 5.87. The number of pyridine rings is 1. The predicted molar refractivity (Wildman–Crippen MR) is 58.3 cm³/mol. The van der Waals surface area contributed by atoms with Crippen LogP contribution in [0.3, 0.4) is 0 Å². The van der Waals surface area contributed by atoms with Crippen LogP contribution in [-0.2, 0) is 7.05 Å². The number of aryl methyl sites for hydroxylation is 1. The molecule has 2 heterocycles. The molecule has 0 fully saturated rings. The third kappa shape index (κ3) is 1.38. The van der Waals surface area contributed by atoms with Crippen molar-refractivity contribution >= 4 is 22.6 Å². The summed E-state index contributed by atoms with van der Waals surface area (Å²) in [7, 11) is 1.97. The SMILES string of the molecule is CC(N)c1cc2ncc(Cl)cc2n1C. The third-order valence-corrected chi connectivity index (χ3v) is 2.57. The number of fused-ring (bicyclic) bond motifs is 1. The van der Waals surface area contributed by atoms with Gasteiger partial charge in [0.15, 0.2) is 0 Å². The number of nitrogens with zero attached hydrogens (tertiary/aromatic N) is 2. The zero-order chi connectivity index (χ0) is 10.3. The molecule has 0 aromatic carbocycles. The van der Waals surface area contributed by atoms with Gasteiger partial charge < -0.3 is 10.3 Å². The molecule has 14 heavy (non-hydrogen) atoms. The van der Waals surface area contributed by atoms with Crippen molar-refractivity contribution in [3.63, 3.8) is 0 Å². The lowest BCUT2D eigenvalue weighted by Crippen LogP contribution is -2.09. The molecule has 0 radical (unpaired) electrons. The number of hydrogen-bond acceptors (Lipinski definition) is 2. The minimum atomic E-state index is 0.00738. The Balaban J connectivity index is 2.74. The largest absolute Gasteiger partial charge is 0.345 e. The smallest absolute Gasteiger partial charge is 0.0885 e. The Morgan fingerprint density at radius 2 is 2.21 bits per heavy atom. The lowest BCUT2D eigenvalue weighted by molar-refractivity contribution is 0.726. The lowest BCUT2D eigenvalue weighted by atomic mass is 10.2. The van der Waals surface area contributed by atoms with E-state index in [0.29, 0.717) is 5.02 Å². The van der Waals surface area contributed by atoms with Crippen LogP contribution < -0.4 is 5.73 Å². The molecule has 4 heteroatoms. The minimum Gasteiger partial charge on any atom is -0.345 e. The van der Waals surface area contributed by atoms with E-state index in [1.807, 2.05) is 30.7 Å². The average Bonchev–Trinajstić information content (AvgIpc) is 2.44. The van der Waals surface area contributed by atoms with E-state index in [1.54, 1.807) is 6.20 Å². The van der Waals surface area contributed by atoms with E-state index in [1.165, 1.54) is 0 Å². The van der Waals surface area contributed by atoms with Crippen molar-refractivity contribution in [2.45, 2.75) is 13.0 Å². The van der Waals surface area contributed by atoms with Crippen LogP contribution in [0.15, 0.2) is 18.3 Å². The van der Waals surface area contributed by atoms with Crippen molar-refractivity contribution in [2.75, 3.05) is 0 Å². The first kappa shape index (κ1) is 9.49. The summed E-state index contributed by atoms with van der Waals surface area (Å²) >= 11 is 5.87. The van der Waals surface area contributed by atoms with E-state index in [-0.39, 0.29) is 6.04 Å². The predicted octanol–water partition coefficient (Wildman–Crippen LogP) is 2.25. The molecule has 0 saturated heterocycles. The monoisotopic (exact) mass is 209 g/mol. The molecular weight excluding hydrogens is 198 g/mol. The Kier molecular flexibility index (Phi) is 2.21. The van der Waals surface area contributed by atoms with Crippen LogP contribution in [-0.4, -0.2) is 9.55 Å². The Morgan fingerprint density at radius 1 is 1.50 bits per heavy atom. The Labute approximate surface area is 87.5 Å². The summed E-state index contributed by atoms with van der Waals surface area (Å²) in [5.41, 5.74) is 8.85. The van der Waals surface area contributed by atoms with E-state index >= 15 is 0 Å². The second-order valence-electron chi connectivity index (χ2n) is 3.47. The summed E-state index contributed by atoms with van der Waals surface area (Å²) in [5, 5.41) is 0.648. The number of halogens is 1. The quantitative estimate of drug-likeness (QED) is 0.783. The highest BCUT2D eigenvalue weighted by Gasteiger charge is 2.09. The van der Waals surface area contributed by atoms with E-state index in [2.05, 4.69) is 4.98 Å². The topological polar surface area (TPSA) is 43.8 Å². The van der Waals surface area contributed by atoms with Crippen LogP contribution in [0.2, 0.25) is 5.02 Å². The minimum absolute atomic E-state index is 0.00738. The van der Waals surface area contributed by atoms with Crippen LogP contribution in [0.25, 0.3) is 11.0 Å². The average molecular weight is 210 g/mol. The standard InChI is InChI=1S/C10H12ClN3/c1-6(12)9-4-8-10(14(9)2)3-7(11)5-13-8/h3-6H,12H2,1-2H3. The van der Waals surface area contributed by atoms with Crippen LogP contribution in [0, 0.1) is 0 Å². The highest BCUT2D eigenvalue weighted by molar-refractivity contribution is 6.31. The van der Waals surface area contributed by atoms with E-state index < -0.39 is 0 Å². The van der Waals surface area contributed by atoms with Gasteiger partial charge in [0.1, 0.15) is 0 Å². The van der Waals surface area contributed by atoms with Gasteiger partial charge in [-0.2, -0.15) is 0 Å². The van der Waals surface area contributed by atoms with Crippen molar-refractivity contribution < 1.29 is 0 Å². The molecule has 3 nitrogen and oxygen atoms in total. The van der Waals surface area contributed by atoms with Gasteiger partial charge in [-0.3, -0.25) is 4.98 Å². The van der Waals surface area contributed by atoms with Crippen molar-refractivity contribution in [3.05, 3.63) is 29.0 Å². The van der Waals surface area contributed by atoms with Crippen LogP contribution in [0.1, 0.15) is 18.7 Å². The maximum atomic E-state index is 5.87. The number of nitrogens with two attached hydrogens (primary N) is 1. The van der Waals surface area contributed by atoms with Gasteiger partial charge in [0, 0.05) is 25.0 Å². The summed E-state index contributed by atoms with van der Waals surface area (Å²) in [6.45, 7) is 1.95. The molecule has 0 spiro atoms. The van der Waals surface area contributed by atoms with Crippen LogP contribution in [0.5, 0.6) is 0 Å². The zero-order valence-electron chi connectivity index (χ0n) is 8.16. The summed E-state index contributed by atoms with van der Waals surface area (Å²) in [6, 6.07) is 3.90. The maximum Gasteiger partial charge on any atom is 0.0885 e. The normalized spacial score (nSPS) is 13.4. The van der Waals surface area contributed by atoms with E-state index in [9.17, 15) is 0 Å². The lowest BCUT2D eigenvalue weighted by Gasteiger charge is -2.06. The fraction of sp³-hybridized carbons (Fsp3) is 0.300. The van der Waals surface area contributed by atoms with Gasteiger partial charge in [0.2, 0.25) is 0 Å². The summed E-state index contributed by atoms with van der Waals surface area (Å²) < 4.78 is 2.03. The fourth-order valence-corrected chi connectivity index (χ4v) is 1.78. The molecule has 0 amide bonds. The highest BCUT2D eigenvalue weighted by Crippen LogP contribution is 2.22. The van der Waals surface area contributed by atoms with Gasteiger partial charge in [-0.1, -0.05) is 11.6 Å². The molecule has 0 aliphatic rings. The molecule has 2 aromatic heterocycles. The van der Waals surface area contributed by atoms with Crippen LogP contribution >= 0.6 is 11.6 Å². The molecule has 0 saturated carbocycles. The Morgan fingerprint density at radius 3 is 2.86 bits per heavy atom. The van der Waals surface area contributed by atoms with Gasteiger partial charge in [0.05, 0.1) is 16.1 Å². The molecule has 1 atom stereocenters. The second kappa shape index (κ2) is 3.26. The summed E-state index contributed by atoms with van der Waals surface area (Å²) in [4.78, 5) is 4.24. The molecule has 0 aliphatic carbocycles. The number of hydrogen-bond donors (Lipinski definition) is 1. The molecule has 1 unspecified atom stereocenters. The fourth-order valence-electron chi connectivity index (χ4n) is 1.63. The first-order chi connectivity index (χ1) is 6.59. The van der Waals surface area contributed by atoms with Crippen molar-refractivity contribution in [2.24, 2.45) is 12.8 Å². The molecule has 2 aromatic rings. The third-order valence-electron chi connectivity index (χ3n) is 2.36. The van der Waals surface area contributed by atoms with Crippen molar-refractivity contribution in [1.29, 1.82) is 0 Å². The molecular formula is C10H12ClN3. The zero-order valence-corrected chi connectivity index (χ0v) is 8.92. The van der Waals surface area contributed by atoms with E-state index in [4.69, 9.17) is 17.3 Å². The molecule has 74 valence electrons. The number of rotatable bonds is 1. The number of aromatic nitrogens is 2. The molecule has 2 rings (SSSR count). The first-order valence-electron chi connectivity index (χ1n) is 4.46. The van der Waals surface area contributed by atoms with Crippen LogP contribution in [0.4, 0.5) is 0 Å². The molecule has 2 N–H and O–H groups in total. The Bertz CT molecular complexity index is 473. The van der Waals surface area contributed by atoms with Crippen molar-refractivity contribution in [1.82, 2.24) is 9.55 Å². The van der Waals surface area contributed by atoms with Gasteiger partial charge >= 0.3 is 0 Å². The van der Waals surface area contributed by atoms with E-state index in [0.717, 1.165) is 16.7 Å².